The van der Waals surface area contributed by atoms with Gasteiger partial charge in [-0.05, 0) is 50.7 Å². The molecule has 0 radical (unpaired) electrons. The molecule has 0 saturated carbocycles. The molecule has 1 saturated heterocycles. The van der Waals surface area contributed by atoms with E-state index >= 15 is 0 Å². The SMILES string of the molecule is CC.CN1CCC[C@@H](NC(=O)c2ccc(F)cc2)C1. The van der Waals surface area contributed by atoms with E-state index < -0.39 is 0 Å². The third kappa shape index (κ3) is 4.99. The van der Waals surface area contributed by atoms with Crippen LogP contribution in [0.5, 0.6) is 0 Å². The minimum Gasteiger partial charge on any atom is -0.348 e. The average Bonchev–Trinajstić information content (AvgIpc) is 2.41. The Morgan fingerprint density at radius 1 is 1.32 bits per heavy atom. The summed E-state index contributed by atoms with van der Waals surface area (Å²) in [7, 11) is 2.05. The summed E-state index contributed by atoms with van der Waals surface area (Å²) >= 11 is 0. The lowest BCUT2D eigenvalue weighted by atomic mass is 10.1. The van der Waals surface area contributed by atoms with Crippen LogP contribution in [0.25, 0.3) is 0 Å². The van der Waals surface area contributed by atoms with Gasteiger partial charge in [-0.3, -0.25) is 4.79 Å². The van der Waals surface area contributed by atoms with Crippen LogP contribution in [0.1, 0.15) is 37.0 Å². The van der Waals surface area contributed by atoms with Gasteiger partial charge in [0.15, 0.2) is 0 Å². The molecule has 1 amide bonds. The van der Waals surface area contributed by atoms with Crippen LogP contribution in [0.15, 0.2) is 24.3 Å². The first kappa shape index (κ1) is 15.6. The lowest BCUT2D eigenvalue weighted by Gasteiger charge is -2.30. The van der Waals surface area contributed by atoms with Gasteiger partial charge in [-0.2, -0.15) is 0 Å². The fourth-order valence-corrected chi connectivity index (χ4v) is 2.15. The number of hydrogen-bond donors (Lipinski definition) is 1. The van der Waals surface area contributed by atoms with Gasteiger partial charge in [0.05, 0.1) is 0 Å². The Hall–Kier alpha value is -1.42. The summed E-state index contributed by atoms with van der Waals surface area (Å²) in [6.07, 6.45) is 2.11. The van der Waals surface area contributed by atoms with E-state index in [0.717, 1.165) is 25.9 Å². The zero-order valence-electron chi connectivity index (χ0n) is 11.9. The maximum Gasteiger partial charge on any atom is 0.251 e. The van der Waals surface area contributed by atoms with Gasteiger partial charge in [-0.15, -0.1) is 0 Å². The molecule has 1 N–H and O–H groups in total. The van der Waals surface area contributed by atoms with Crippen molar-refractivity contribution in [3.63, 3.8) is 0 Å². The predicted molar refractivity (Wildman–Crippen MR) is 75.7 cm³/mol. The molecule has 4 heteroatoms. The van der Waals surface area contributed by atoms with Crippen molar-refractivity contribution in [3.8, 4) is 0 Å². The van der Waals surface area contributed by atoms with Crippen LogP contribution in [0.4, 0.5) is 4.39 Å². The van der Waals surface area contributed by atoms with Crippen LogP contribution < -0.4 is 5.32 Å². The van der Waals surface area contributed by atoms with E-state index in [-0.39, 0.29) is 17.8 Å². The normalized spacial score (nSPS) is 19.3. The smallest absolute Gasteiger partial charge is 0.251 e. The lowest BCUT2D eigenvalue weighted by Crippen LogP contribution is -2.46. The molecule has 0 unspecified atom stereocenters. The monoisotopic (exact) mass is 266 g/mol. The number of carbonyl (C=O) groups excluding carboxylic acids is 1. The summed E-state index contributed by atoms with van der Waals surface area (Å²) in [6, 6.07) is 5.84. The second-order valence-electron chi connectivity index (χ2n) is 4.58. The van der Waals surface area contributed by atoms with Crippen molar-refractivity contribution >= 4 is 5.91 Å². The highest BCUT2D eigenvalue weighted by Gasteiger charge is 2.19. The minimum absolute atomic E-state index is 0.120. The van der Waals surface area contributed by atoms with Crippen molar-refractivity contribution in [2.24, 2.45) is 0 Å². The topological polar surface area (TPSA) is 32.3 Å². The Labute approximate surface area is 114 Å². The average molecular weight is 266 g/mol. The zero-order chi connectivity index (χ0) is 14.3. The van der Waals surface area contributed by atoms with Gasteiger partial charge in [0.1, 0.15) is 5.82 Å². The first-order valence-corrected chi connectivity index (χ1v) is 6.90. The summed E-state index contributed by atoms with van der Waals surface area (Å²) in [4.78, 5) is 14.1. The van der Waals surface area contributed by atoms with Crippen LogP contribution in [0.3, 0.4) is 0 Å². The second kappa shape index (κ2) is 7.89. The highest BCUT2D eigenvalue weighted by Crippen LogP contribution is 2.09. The first-order chi connectivity index (χ1) is 9.15. The lowest BCUT2D eigenvalue weighted by molar-refractivity contribution is 0.0912. The van der Waals surface area contributed by atoms with E-state index in [2.05, 4.69) is 17.3 Å². The molecule has 1 aliphatic rings. The summed E-state index contributed by atoms with van der Waals surface area (Å²) in [5.74, 6) is -0.441. The van der Waals surface area contributed by atoms with Crippen LogP contribution in [-0.4, -0.2) is 37.0 Å². The Kier molecular flexibility index (Phi) is 6.50. The number of piperidine rings is 1. The third-order valence-corrected chi connectivity index (χ3v) is 3.07. The van der Waals surface area contributed by atoms with E-state index in [4.69, 9.17) is 0 Å². The molecule has 1 aliphatic heterocycles. The molecular formula is C15H23FN2O. The molecule has 1 heterocycles. The number of likely N-dealkylation sites (tertiary alicyclic amines) is 1. The van der Waals surface area contributed by atoms with Crippen LogP contribution >= 0.6 is 0 Å². The molecule has 1 aromatic carbocycles. The molecule has 106 valence electrons. The Balaban J connectivity index is 0.000000861. The van der Waals surface area contributed by atoms with Crippen LogP contribution in [0.2, 0.25) is 0 Å². The molecule has 0 aliphatic carbocycles. The number of nitrogens with zero attached hydrogens (tertiary/aromatic N) is 1. The number of nitrogens with one attached hydrogen (secondary N) is 1. The molecule has 2 rings (SSSR count). The van der Waals surface area contributed by atoms with Gasteiger partial charge >= 0.3 is 0 Å². The van der Waals surface area contributed by atoms with Crippen molar-refractivity contribution in [2.45, 2.75) is 32.7 Å². The van der Waals surface area contributed by atoms with E-state index in [9.17, 15) is 9.18 Å². The fourth-order valence-electron chi connectivity index (χ4n) is 2.15. The maximum absolute atomic E-state index is 12.7. The van der Waals surface area contributed by atoms with Crippen LogP contribution in [0, 0.1) is 5.82 Å². The van der Waals surface area contributed by atoms with E-state index in [1.54, 1.807) is 0 Å². The van der Waals surface area contributed by atoms with Crippen molar-refractivity contribution in [1.29, 1.82) is 0 Å². The number of amides is 1. The van der Waals surface area contributed by atoms with E-state index in [1.807, 2.05) is 13.8 Å². The second-order valence-corrected chi connectivity index (χ2v) is 4.58. The zero-order valence-corrected chi connectivity index (χ0v) is 11.9. The number of halogens is 1. The van der Waals surface area contributed by atoms with Crippen molar-refractivity contribution < 1.29 is 9.18 Å². The summed E-state index contributed by atoms with van der Waals surface area (Å²) in [5, 5.41) is 2.98. The Morgan fingerprint density at radius 3 is 2.53 bits per heavy atom. The predicted octanol–water partition coefficient (Wildman–Crippen LogP) is 2.68. The van der Waals surface area contributed by atoms with Gasteiger partial charge in [0, 0.05) is 18.2 Å². The molecule has 19 heavy (non-hydrogen) atoms. The number of hydrogen-bond acceptors (Lipinski definition) is 2. The molecule has 1 aromatic rings. The Bertz CT molecular complexity index is 392. The molecule has 0 spiro atoms. The van der Waals surface area contributed by atoms with Crippen molar-refractivity contribution in [3.05, 3.63) is 35.6 Å². The summed E-state index contributed by atoms with van der Waals surface area (Å²) < 4.78 is 12.7. The van der Waals surface area contributed by atoms with Gasteiger partial charge in [-0.25, -0.2) is 4.39 Å². The highest BCUT2D eigenvalue weighted by atomic mass is 19.1. The summed E-state index contributed by atoms with van der Waals surface area (Å²) in [5.41, 5.74) is 0.514. The van der Waals surface area contributed by atoms with Crippen molar-refractivity contribution in [1.82, 2.24) is 10.2 Å². The number of benzene rings is 1. The molecule has 0 aromatic heterocycles. The quantitative estimate of drug-likeness (QED) is 0.892. The largest absolute Gasteiger partial charge is 0.348 e. The number of carbonyl (C=O) groups is 1. The third-order valence-electron chi connectivity index (χ3n) is 3.07. The highest BCUT2D eigenvalue weighted by molar-refractivity contribution is 5.94. The standard InChI is InChI=1S/C13H17FN2O.C2H6/c1-16-8-2-3-12(9-16)15-13(17)10-4-6-11(14)7-5-10;1-2/h4-7,12H,2-3,8-9H2,1H3,(H,15,17);1-2H3/t12-;/m1./s1. The molecule has 1 atom stereocenters. The Morgan fingerprint density at radius 2 is 1.95 bits per heavy atom. The molecule has 0 bridgehead atoms. The van der Waals surface area contributed by atoms with Gasteiger partial charge in [-0.1, -0.05) is 13.8 Å². The van der Waals surface area contributed by atoms with Crippen molar-refractivity contribution in [2.75, 3.05) is 20.1 Å². The fraction of sp³-hybridized carbons (Fsp3) is 0.533. The van der Waals surface area contributed by atoms with Gasteiger partial charge < -0.3 is 10.2 Å². The molecule has 1 fully saturated rings. The maximum atomic E-state index is 12.7. The number of rotatable bonds is 2. The summed E-state index contributed by atoms with van der Waals surface area (Å²) in [6.45, 7) is 5.97. The van der Waals surface area contributed by atoms with Crippen LogP contribution in [-0.2, 0) is 0 Å². The molecule has 3 nitrogen and oxygen atoms in total. The van der Waals surface area contributed by atoms with E-state index in [0.29, 0.717) is 5.56 Å². The number of likely N-dealkylation sites (N-methyl/N-ethyl adjacent to an activating group) is 1. The van der Waals surface area contributed by atoms with Gasteiger partial charge in [0.2, 0.25) is 0 Å². The van der Waals surface area contributed by atoms with E-state index in [1.165, 1.54) is 24.3 Å². The van der Waals surface area contributed by atoms with Gasteiger partial charge in [0.25, 0.3) is 5.91 Å². The first-order valence-electron chi connectivity index (χ1n) is 6.90. The molecular weight excluding hydrogens is 243 g/mol. The minimum atomic E-state index is -0.320.